The van der Waals surface area contributed by atoms with E-state index in [0.29, 0.717) is 32.8 Å². The van der Waals surface area contributed by atoms with Crippen LogP contribution in [0.15, 0.2) is 65.1 Å². The number of anilines is 1. The lowest BCUT2D eigenvalue weighted by molar-refractivity contribution is -0.130. The molecule has 0 bridgehead atoms. The molecule has 1 saturated heterocycles. The molecule has 0 radical (unpaired) electrons. The van der Waals surface area contributed by atoms with Crippen LogP contribution in [0.2, 0.25) is 0 Å². The van der Waals surface area contributed by atoms with Crippen molar-refractivity contribution in [1.82, 2.24) is 4.90 Å². The van der Waals surface area contributed by atoms with Crippen LogP contribution in [0.25, 0.3) is 0 Å². The van der Waals surface area contributed by atoms with Crippen molar-refractivity contribution in [3.63, 3.8) is 0 Å². The molecule has 0 unspecified atom stereocenters. The Morgan fingerprint density at radius 1 is 0.818 bits per heavy atom. The van der Waals surface area contributed by atoms with Crippen LogP contribution in [0.5, 0.6) is 11.5 Å². The van der Waals surface area contributed by atoms with Crippen molar-refractivity contribution in [2.24, 2.45) is 0 Å². The van der Waals surface area contributed by atoms with E-state index in [2.05, 4.69) is 15.9 Å². The van der Waals surface area contributed by atoms with Crippen molar-refractivity contribution in [3.05, 3.63) is 87.4 Å². The summed E-state index contributed by atoms with van der Waals surface area (Å²) in [5.74, 6) is -0.0883. The van der Waals surface area contributed by atoms with E-state index in [4.69, 9.17) is 9.47 Å². The van der Waals surface area contributed by atoms with Crippen LogP contribution in [-0.4, -0.2) is 35.5 Å². The van der Waals surface area contributed by atoms with E-state index in [1.165, 1.54) is 0 Å². The van der Waals surface area contributed by atoms with Gasteiger partial charge in [-0.15, -0.1) is 0 Å². The van der Waals surface area contributed by atoms with E-state index in [1.807, 2.05) is 31.2 Å². The quantitative estimate of drug-likeness (QED) is 0.393. The molecule has 3 aromatic carbocycles. The minimum atomic E-state index is -0.977. The summed E-state index contributed by atoms with van der Waals surface area (Å²) >= 11 is 3.59. The van der Waals surface area contributed by atoms with Crippen molar-refractivity contribution in [2.75, 3.05) is 11.7 Å². The Kier molecular flexibility index (Phi) is 4.35. The molecule has 7 nitrogen and oxygen atoms in total. The van der Waals surface area contributed by atoms with Crippen LogP contribution in [0.1, 0.15) is 37.9 Å². The molecule has 3 aliphatic heterocycles. The smallest absolute Gasteiger partial charge is 0.262 e. The molecule has 0 aromatic heterocycles. The number of amides is 3. The van der Waals surface area contributed by atoms with Gasteiger partial charge in [-0.25, -0.2) is 0 Å². The second-order valence-electron chi connectivity index (χ2n) is 8.19. The van der Waals surface area contributed by atoms with Gasteiger partial charge in [-0.05, 0) is 48.9 Å². The fourth-order valence-corrected chi connectivity index (χ4v) is 5.20. The highest BCUT2D eigenvalue weighted by molar-refractivity contribution is 9.10. The van der Waals surface area contributed by atoms with Crippen molar-refractivity contribution >= 4 is 39.3 Å². The number of carbonyl (C=O) groups excluding carboxylic acids is 3. The summed E-state index contributed by atoms with van der Waals surface area (Å²) in [5.41, 5.74) is 3.10. The maximum absolute atomic E-state index is 13.5. The molecule has 0 N–H and O–H groups in total. The number of halogens is 1. The van der Waals surface area contributed by atoms with Crippen LogP contribution in [-0.2, 0) is 4.79 Å². The van der Waals surface area contributed by atoms with Crippen molar-refractivity contribution in [3.8, 4) is 11.5 Å². The van der Waals surface area contributed by atoms with Crippen molar-refractivity contribution < 1.29 is 23.9 Å². The summed E-state index contributed by atoms with van der Waals surface area (Å²) in [4.78, 5) is 42.6. The molecule has 33 heavy (non-hydrogen) atoms. The number of rotatable bonds is 3. The molecule has 3 aromatic rings. The third kappa shape index (κ3) is 2.83. The molecule has 2 atom stereocenters. The first-order valence-corrected chi connectivity index (χ1v) is 11.2. The molecule has 3 amide bonds. The SMILES string of the molecule is Cc1ccc(N2C(=O)[C@@H](N3C(=O)c4ccccc4C3=O)[C@H]2c2cc3c(cc2Br)OCO3)cc1. The first-order chi connectivity index (χ1) is 16.0. The molecule has 0 spiro atoms. The van der Waals surface area contributed by atoms with Crippen LogP contribution in [0, 0.1) is 6.92 Å². The van der Waals surface area contributed by atoms with E-state index in [1.54, 1.807) is 41.3 Å². The van der Waals surface area contributed by atoms with Gasteiger partial charge in [0, 0.05) is 10.2 Å². The lowest BCUT2D eigenvalue weighted by Crippen LogP contribution is -2.67. The van der Waals surface area contributed by atoms with E-state index in [-0.39, 0.29) is 12.7 Å². The Hall–Kier alpha value is -3.65. The number of benzene rings is 3. The Balaban J connectivity index is 1.48. The number of nitrogens with zero attached hydrogens (tertiary/aromatic N) is 2. The number of β-lactam (4-membered cyclic amide) rings is 1. The van der Waals surface area contributed by atoms with E-state index in [9.17, 15) is 14.4 Å². The number of fused-ring (bicyclic) bond motifs is 2. The number of hydrogen-bond acceptors (Lipinski definition) is 5. The number of carbonyl (C=O) groups is 3. The highest BCUT2D eigenvalue weighted by atomic mass is 79.9. The third-order valence-electron chi connectivity index (χ3n) is 6.29. The highest BCUT2D eigenvalue weighted by Crippen LogP contribution is 2.49. The van der Waals surface area contributed by atoms with Gasteiger partial charge in [0.25, 0.3) is 17.7 Å². The van der Waals surface area contributed by atoms with Crippen LogP contribution >= 0.6 is 15.9 Å². The van der Waals surface area contributed by atoms with Gasteiger partial charge >= 0.3 is 0 Å². The van der Waals surface area contributed by atoms with Gasteiger partial charge in [0.15, 0.2) is 11.5 Å². The fraction of sp³-hybridized carbons (Fsp3) is 0.160. The Bertz CT molecular complexity index is 1320. The molecular formula is C25H17BrN2O5. The number of hydrogen-bond donors (Lipinski definition) is 0. The minimum absolute atomic E-state index is 0.109. The summed E-state index contributed by atoms with van der Waals surface area (Å²) in [6, 6.07) is 16.2. The van der Waals surface area contributed by atoms with Gasteiger partial charge < -0.3 is 14.4 Å². The number of imide groups is 1. The van der Waals surface area contributed by atoms with Gasteiger partial charge in [-0.3, -0.25) is 19.3 Å². The summed E-state index contributed by atoms with van der Waals surface area (Å²) < 4.78 is 11.7. The average Bonchev–Trinajstić information content (AvgIpc) is 3.36. The molecule has 1 fully saturated rings. The molecule has 8 heteroatoms. The molecule has 164 valence electrons. The summed E-state index contributed by atoms with van der Waals surface area (Å²) in [7, 11) is 0. The predicted molar refractivity (Wildman–Crippen MR) is 122 cm³/mol. The number of aryl methyl sites for hydroxylation is 1. The lowest BCUT2D eigenvalue weighted by atomic mass is 9.86. The molecule has 0 saturated carbocycles. The normalized spacial score (nSPS) is 20.8. The molecule has 3 aliphatic rings. The second-order valence-corrected chi connectivity index (χ2v) is 9.04. The van der Waals surface area contributed by atoms with E-state index in [0.717, 1.165) is 16.0 Å². The zero-order valence-corrected chi connectivity index (χ0v) is 19.0. The van der Waals surface area contributed by atoms with Crippen LogP contribution < -0.4 is 14.4 Å². The molecular weight excluding hydrogens is 488 g/mol. The third-order valence-corrected chi connectivity index (χ3v) is 6.98. The minimum Gasteiger partial charge on any atom is -0.454 e. The summed E-state index contributed by atoms with van der Waals surface area (Å²) in [5, 5.41) is 0. The van der Waals surface area contributed by atoms with Gasteiger partial charge in [0.05, 0.1) is 17.2 Å². The number of ether oxygens (including phenoxy) is 2. The fourth-order valence-electron chi connectivity index (χ4n) is 4.65. The van der Waals surface area contributed by atoms with Gasteiger partial charge in [0.2, 0.25) is 6.79 Å². The monoisotopic (exact) mass is 504 g/mol. The molecule has 6 rings (SSSR count). The maximum atomic E-state index is 13.5. The van der Waals surface area contributed by atoms with Crippen LogP contribution in [0.4, 0.5) is 5.69 Å². The van der Waals surface area contributed by atoms with Gasteiger partial charge in [-0.2, -0.15) is 0 Å². The zero-order chi connectivity index (χ0) is 22.9. The molecule has 3 heterocycles. The second kappa shape index (κ2) is 7.18. The van der Waals surface area contributed by atoms with Crippen LogP contribution in [0.3, 0.4) is 0 Å². The van der Waals surface area contributed by atoms with Crippen molar-refractivity contribution in [1.29, 1.82) is 0 Å². The van der Waals surface area contributed by atoms with Gasteiger partial charge in [0.1, 0.15) is 6.04 Å². The Morgan fingerprint density at radius 3 is 2.06 bits per heavy atom. The summed E-state index contributed by atoms with van der Waals surface area (Å²) in [6.45, 7) is 2.08. The lowest BCUT2D eigenvalue weighted by Gasteiger charge is -2.50. The standard InChI is InChI=1S/C25H17BrN2O5/c1-13-6-8-14(9-7-13)27-21(17-10-19-20(11-18(17)26)33-12-32-19)22(25(27)31)28-23(29)15-4-2-3-5-16(15)24(28)30/h2-11,21-22H,12H2,1H3/t21-,22+/m1/s1. The first-order valence-electron chi connectivity index (χ1n) is 10.4. The van der Waals surface area contributed by atoms with E-state index < -0.39 is 23.9 Å². The average molecular weight is 505 g/mol. The molecule has 0 aliphatic carbocycles. The van der Waals surface area contributed by atoms with Gasteiger partial charge in [-0.1, -0.05) is 45.8 Å². The first kappa shape index (κ1) is 20.0. The van der Waals surface area contributed by atoms with E-state index >= 15 is 0 Å². The maximum Gasteiger partial charge on any atom is 0.262 e. The largest absolute Gasteiger partial charge is 0.454 e. The summed E-state index contributed by atoms with van der Waals surface area (Å²) in [6.07, 6.45) is 0. The highest BCUT2D eigenvalue weighted by Gasteiger charge is 2.57. The predicted octanol–water partition coefficient (Wildman–Crippen LogP) is 4.24. The zero-order valence-electron chi connectivity index (χ0n) is 17.4. The Morgan fingerprint density at radius 2 is 1.42 bits per heavy atom. The Labute approximate surface area is 197 Å². The van der Waals surface area contributed by atoms with Crippen molar-refractivity contribution in [2.45, 2.75) is 19.0 Å². The topological polar surface area (TPSA) is 76.2 Å².